The molecule has 0 aliphatic heterocycles. The Hall–Kier alpha value is -2.24. The number of rotatable bonds is 8. The van der Waals surface area contributed by atoms with E-state index in [0.717, 1.165) is 12.2 Å². The molecule has 0 rings (SSSR count). The molecule has 0 aromatic heterocycles. The molecule has 0 radical (unpaired) electrons. The molecule has 0 heterocycles. The predicted molar refractivity (Wildman–Crippen MR) is 72.9 cm³/mol. The summed E-state index contributed by atoms with van der Waals surface area (Å²) in [6, 6.07) is 0. The van der Waals surface area contributed by atoms with Gasteiger partial charge in [0.25, 0.3) is 0 Å². The summed E-state index contributed by atoms with van der Waals surface area (Å²) in [6.45, 7) is 9.55. The second kappa shape index (κ2) is 13.2. The molecule has 0 aromatic rings. The standard InChI is InChI=1S/2C7H10O3/c1-3-7(9)10-5-4-6(2)8;1-3-6(8)5-10-7(9)4-2/h3H,1,4-5H2,2H3;4H,2-3,5H2,1H3. The molecule has 0 fully saturated rings. The number of Topliss-reactive ketones (excluding diaryl/α,β-unsaturated/α-hetero) is 2. The largest absolute Gasteiger partial charge is 0.462 e. The van der Waals surface area contributed by atoms with E-state index in [1.807, 2.05) is 0 Å². The number of esters is 2. The highest BCUT2D eigenvalue weighted by molar-refractivity contribution is 5.86. The highest BCUT2D eigenvalue weighted by atomic mass is 16.5. The van der Waals surface area contributed by atoms with Crippen LogP contribution in [-0.2, 0) is 28.7 Å². The zero-order chi connectivity index (χ0) is 16.0. The first-order chi connectivity index (χ1) is 9.37. The highest BCUT2D eigenvalue weighted by Gasteiger charge is 2.00. The van der Waals surface area contributed by atoms with Crippen LogP contribution >= 0.6 is 0 Å². The number of carbonyl (C=O) groups excluding carboxylic acids is 4. The van der Waals surface area contributed by atoms with Crippen molar-refractivity contribution in [1.29, 1.82) is 0 Å². The predicted octanol–water partition coefficient (Wildman–Crippen LogP) is 1.39. The Morgan fingerprint density at radius 1 is 1.00 bits per heavy atom. The van der Waals surface area contributed by atoms with Crippen LogP contribution < -0.4 is 0 Å². The maximum Gasteiger partial charge on any atom is 0.330 e. The summed E-state index contributed by atoms with van der Waals surface area (Å²) in [7, 11) is 0. The molecule has 0 aliphatic carbocycles. The fourth-order valence-electron chi connectivity index (χ4n) is 0.667. The van der Waals surface area contributed by atoms with E-state index in [2.05, 4.69) is 22.6 Å². The molecule has 0 aliphatic rings. The van der Waals surface area contributed by atoms with Crippen molar-refractivity contribution in [2.24, 2.45) is 0 Å². The van der Waals surface area contributed by atoms with Crippen molar-refractivity contribution in [2.45, 2.75) is 26.7 Å². The van der Waals surface area contributed by atoms with E-state index in [9.17, 15) is 19.2 Å². The van der Waals surface area contributed by atoms with Crippen LogP contribution in [0.1, 0.15) is 26.7 Å². The van der Waals surface area contributed by atoms with Gasteiger partial charge >= 0.3 is 11.9 Å². The van der Waals surface area contributed by atoms with Crippen LogP contribution in [0.4, 0.5) is 0 Å². The summed E-state index contributed by atoms with van der Waals surface area (Å²) in [4.78, 5) is 41.5. The van der Waals surface area contributed by atoms with Crippen LogP contribution in [0, 0.1) is 0 Å². The number of ketones is 2. The maximum absolute atomic E-state index is 10.5. The fourth-order valence-corrected chi connectivity index (χ4v) is 0.667. The zero-order valence-electron chi connectivity index (χ0n) is 11.8. The minimum Gasteiger partial charge on any atom is -0.462 e. The summed E-state index contributed by atoms with van der Waals surface area (Å²) < 4.78 is 8.96. The van der Waals surface area contributed by atoms with Crippen LogP contribution in [0.2, 0.25) is 0 Å². The van der Waals surface area contributed by atoms with E-state index in [4.69, 9.17) is 0 Å². The van der Waals surface area contributed by atoms with Crippen molar-refractivity contribution in [3.63, 3.8) is 0 Å². The van der Waals surface area contributed by atoms with E-state index in [0.29, 0.717) is 6.42 Å². The van der Waals surface area contributed by atoms with Gasteiger partial charge in [0, 0.05) is 25.0 Å². The number of hydrogen-bond donors (Lipinski definition) is 0. The van der Waals surface area contributed by atoms with Crippen LogP contribution in [0.15, 0.2) is 25.3 Å². The average Bonchev–Trinajstić information content (AvgIpc) is 2.44. The molecular weight excluding hydrogens is 264 g/mol. The van der Waals surface area contributed by atoms with Crippen molar-refractivity contribution < 1.29 is 28.7 Å². The molecule has 0 saturated carbocycles. The summed E-state index contributed by atoms with van der Waals surface area (Å²) in [5.41, 5.74) is 0. The lowest BCUT2D eigenvalue weighted by molar-refractivity contribution is -0.143. The molecular formula is C14H20O6. The fraction of sp³-hybridized carbons (Fsp3) is 0.429. The minimum absolute atomic E-state index is 0.0110. The lowest BCUT2D eigenvalue weighted by atomic mass is 10.3. The summed E-state index contributed by atoms with van der Waals surface area (Å²) in [5, 5.41) is 0. The van der Waals surface area contributed by atoms with Gasteiger partial charge in [-0.1, -0.05) is 20.1 Å². The van der Waals surface area contributed by atoms with E-state index in [1.54, 1.807) is 6.92 Å². The third-order valence-electron chi connectivity index (χ3n) is 1.80. The van der Waals surface area contributed by atoms with Crippen molar-refractivity contribution in [1.82, 2.24) is 0 Å². The zero-order valence-corrected chi connectivity index (χ0v) is 11.8. The molecule has 0 spiro atoms. The third kappa shape index (κ3) is 15.8. The first kappa shape index (κ1) is 20.1. The second-order valence-electron chi connectivity index (χ2n) is 3.53. The summed E-state index contributed by atoms with van der Waals surface area (Å²) in [5.74, 6) is -1.12. The van der Waals surface area contributed by atoms with Crippen LogP contribution in [-0.4, -0.2) is 36.7 Å². The van der Waals surface area contributed by atoms with Crippen molar-refractivity contribution in [2.75, 3.05) is 13.2 Å². The Labute approximate surface area is 118 Å². The molecule has 112 valence electrons. The average molecular weight is 284 g/mol. The van der Waals surface area contributed by atoms with Crippen LogP contribution in [0.3, 0.4) is 0 Å². The smallest absolute Gasteiger partial charge is 0.330 e. The van der Waals surface area contributed by atoms with Crippen molar-refractivity contribution in [3.05, 3.63) is 25.3 Å². The molecule has 6 nitrogen and oxygen atoms in total. The molecule has 0 saturated heterocycles. The Morgan fingerprint density at radius 3 is 1.90 bits per heavy atom. The highest BCUT2D eigenvalue weighted by Crippen LogP contribution is 1.85. The van der Waals surface area contributed by atoms with Gasteiger partial charge in [-0.05, 0) is 6.92 Å². The second-order valence-corrected chi connectivity index (χ2v) is 3.53. The van der Waals surface area contributed by atoms with E-state index in [-0.39, 0.29) is 31.2 Å². The number of ether oxygens (including phenoxy) is 2. The van der Waals surface area contributed by atoms with Gasteiger partial charge in [-0.3, -0.25) is 9.59 Å². The van der Waals surface area contributed by atoms with Gasteiger partial charge in [0.2, 0.25) is 0 Å². The maximum atomic E-state index is 10.5. The normalized spacial score (nSPS) is 8.50. The molecule has 20 heavy (non-hydrogen) atoms. The first-order valence-electron chi connectivity index (χ1n) is 5.96. The number of carbonyl (C=O) groups is 4. The molecule has 0 N–H and O–H groups in total. The van der Waals surface area contributed by atoms with Gasteiger partial charge in [-0.15, -0.1) is 0 Å². The first-order valence-corrected chi connectivity index (χ1v) is 5.96. The van der Waals surface area contributed by atoms with Gasteiger partial charge in [0.1, 0.15) is 12.4 Å². The topological polar surface area (TPSA) is 86.7 Å². The van der Waals surface area contributed by atoms with E-state index >= 15 is 0 Å². The minimum atomic E-state index is -0.554. The van der Waals surface area contributed by atoms with Gasteiger partial charge < -0.3 is 9.47 Å². The SMILES string of the molecule is C=CC(=O)OCC(=O)CC.C=CC(=O)OCCC(C)=O. The monoisotopic (exact) mass is 284 g/mol. The third-order valence-corrected chi connectivity index (χ3v) is 1.80. The number of hydrogen-bond acceptors (Lipinski definition) is 6. The lowest BCUT2D eigenvalue weighted by Gasteiger charge is -1.96. The van der Waals surface area contributed by atoms with Gasteiger partial charge in [-0.25, -0.2) is 9.59 Å². The molecule has 0 bridgehead atoms. The van der Waals surface area contributed by atoms with Crippen LogP contribution in [0.25, 0.3) is 0 Å². The molecule has 0 unspecified atom stereocenters. The van der Waals surface area contributed by atoms with Gasteiger partial charge in [-0.2, -0.15) is 0 Å². The molecule has 0 amide bonds. The molecule has 0 aromatic carbocycles. The quantitative estimate of drug-likeness (QED) is 0.494. The summed E-state index contributed by atoms with van der Waals surface area (Å²) >= 11 is 0. The van der Waals surface area contributed by atoms with Crippen LogP contribution in [0.5, 0.6) is 0 Å². The van der Waals surface area contributed by atoms with E-state index < -0.39 is 11.9 Å². The van der Waals surface area contributed by atoms with Crippen molar-refractivity contribution >= 4 is 23.5 Å². The Morgan fingerprint density at radius 2 is 1.50 bits per heavy atom. The Balaban J connectivity index is 0. The van der Waals surface area contributed by atoms with Crippen molar-refractivity contribution in [3.8, 4) is 0 Å². The lowest BCUT2D eigenvalue weighted by Crippen LogP contribution is -2.10. The summed E-state index contributed by atoms with van der Waals surface area (Å²) in [6.07, 6.45) is 2.77. The molecule has 6 heteroatoms. The molecule has 0 atom stereocenters. The Kier molecular flexibility index (Phi) is 13.3. The Bertz CT molecular complexity index is 370. The van der Waals surface area contributed by atoms with Gasteiger partial charge in [0.15, 0.2) is 5.78 Å². The van der Waals surface area contributed by atoms with E-state index in [1.165, 1.54) is 6.92 Å². The van der Waals surface area contributed by atoms with Gasteiger partial charge in [0.05, 0.1) is 6.61 Å².